The molecule has 0 saturated carbocycles. The molecule has 0 aliphatic rings. The van der Waals surface area contributed by atoms with Gasteiger partial charge in [-0.25, -0.2) is 13.1 Å². The van der Waals surface area contributed by atoms with Crippen LogP contribution in [0.5, 0.6) is 0 Å². The van der Waals surface area contributed by atoms with Gasteiger partial charge >= 0.3 is 0 Å². The second kappa shape index (κ2) is 6.11. The molecule has 0 radical (unpaired) electrons. The van der Waals surface area contributed by atoms with Gasteiger partial charge in [-0.05, 0) is 43.8 Å². The Morgan fingerprint density at radius 2 is 2.05 bits per heavy atom. The molecule has 1 unspecified atom stereocenters. The maximum Gasteiger partial charge on any atom is 0.240 e. The van der Waals surface area contributed by atoms with Crippen molar-refractivity contribution in [3.63, 3.8) is 0 Å². The van der Waals surface area contributed by atoms with Crippen molar-refractivity contribution in [2.75, 3.05) is 18.1 Å². The molecule has 0 fully saturated rings. The minimum absolute atomic E-state index is 0.0476. The van der Waals surface area contributed by atoms with Crippen LogP contribution in [-0.2, 0) is 10.0 Å². The van der Waals surface area contributed by atoms with Crippen molar-refractivity contribution < 1.29 is 8.42 Å². The van der Waals surface area contributed by atoms with E-state index in [1.165, 1.54) is 19.2 Å². The molecule has 7 heteroatoms. The number of sulfonamides is 1. The van der Waals surface area contributed by atoms with Gasteiger partial charge in [0.1, 0.15) is 0 Å². The third-order valence-corrected chi connectivity index (χ3v) is 4.57. The van der Waals surface area contributed by atoms with Gasteiger partial charge in [0.2, 0.25) is 10.0 Å². The van der Waals surface area contributed by atoms with Gasteiger partial charge in [0, 0.05) is 12.4 Å². The van der Waals surface area contributed by atoms with Crippen LogP contribution >= 0.6 is 0 Å². The van der Waals surface area contributed by atoms with Gasteiger partial charge in [-0.3, -0.25) is 4.98 Å². The quantitative estimate of drug-likeness (QED) is 0.731. The van der Waals surface area contributed by atoms with Gasteiger partial charge in [0.15, 0.2) is 0 Å². The molecule has 1 atom stereocenters. The molecule has 1 aromatic carbocycles. The maximum absolute atomic E-state index is 11.8. The molecule has 4 N–H and O–H groups in total. The van der Waals surface area contributed by atoms with Crippen LogP contribution in [0.2, 0.25) is 0 Å². The lowest BCUT2D eigenvalue weighted by atomic mass is 10.1. The Morgan fingerprint density at radius 1 is 1.29 bits per heavy atom. The van der Waals surface area contributed by atoms with Gasteiger partial charge in [-0.2, -0.15) is 0 Å². The van der Waals surface area contributed by atoms with Crippen LogP contribution < -0.4 is 15.8 Å². The number of hydrogen-bond donors (Lipinski definition) is 3. The molecule has 0 aliphatic carbocycles. The van der Waals surface area contributed by atoms with E-state index >= 15 is 0 Å². The van der Waals surface area contributed by atoms with Crippen LogP contribution in [0.1, 0.15) is 18.5 Å². The average molecular weight is 306 g/mol. The second-order valence-corrected chi connectivity index (χ2v) is 6.50. The first kappa shape index (κ1) is 15.3. The van der Waals surface area contributed by atoms with Crippen molar-refractivity contribution in [2.45, 2.75) is 17.9 Å². The summed E-state index contributed by atoms with van der Waals surface area (Å²) < 4.78 is 25.9. The highest BCUT2D eigenvalue weighted by molar-refractivity contribution is 7.89. The first-order valence-corrected chi connectivity index (χ1v) is 7.92. The zero-order valence-corrected chi connectivity index (χ0v) is 12.7. The summed E-state index contributed by atoms with van der Waals surface area (Å²) in [5, 5.41) is 3.21. The zero-order chi connectivity index (χ0) is 15.5. The average Bonchev–Trinajstić information content (AvgIpc) is 2.50. The number of nitrogens with one attached hydrogen (secondary N) is 2. The predicted octanol–water partition coefficient (Wildman–Crippen LogP) is 1.74. The minimum Gasteiger partial charge on any atom is -0.397 e. The predicted molar refractivity (Wildman–Crippen MR) is 83.4 cm³/mol. The zero-order valence-electron chi connectivity index (χ0n) is 11.9. The lowest BCUT2D eigenvalue weighted by Crippen LogP contribution is -2.19. The first-order valence-electron chi connectivity index (χ1n) is 6.43. The number of benzene rings is 1. The number of pyridine rings is 1. The lowest BCUT2D eigenvalue weighted by molar-refractivity contribution is 0.588. The van der Waals surface area contributed by atoms with Crippen molar-refractivity contribution >= 4 is 21.4 Å². The molecule has 0 spiro atoms. The molecule has 0 amide bonds. The van der Waals surface area contributed by atoms with E-state index in [9.17, 15) is 8.42 Å². The Bertz CT molecular complexity index is 717. The van der Waals surface area contributed by atoms with Crippen molar-refractivity contribution in [1.29, 1.82) is 0 Å². The molecule has 0 bridgehead atoms. The van der Waals surface area contributed by atoms with E-state index in [1.54, 1.807) is 18.5 Å². The van der Waals surface area contributed by atoms with Crippen LogP contribution in [-0.4, -0.2) is 20.4 Å². The summed E-state index contributed by atoms with van der Waals surface area (Å²) in [7, 11) is -2.12. The van der Waals surface area contributed by atoms with E-state index in [2.05, 4.69) is 15.0 Å². The second-order valence-electron chi connectivity index (χ2n) is 4.61. The van der Waals surface area contributed by atoms with Gasteiger partial charge in [-0.1, -0.05) is 6.07 Å². The Hall–Kier alpha value is -2.12. The highest BCUT2D eigenvalue weighted by atomic mass is 32.2. The van der Waals surface area contributed by atoms with Gasteiger partial charge in [0.25, 0.3) is 0 Å². The summed E-state index contributed by atoms with van der Waals surface area (Å²) in [5.74, 6) is 0. The van der Waals surface area contributed by atoms with E-state index in [0.29, 0.717) is 11.4 Å². The Labute approximate surface area is 124 Å². The highest BCUT2D eigenvalue weighted by Gasteiger charge is 2.14. The van der Waals surface area contributed by atoms with E-state index < -0.39 is 10.0 Å². The molecule has 1 aromatic heterocycles. The van der Waals surface area contributed by atoms with Crippen LogP contribution in [0, 0.1) is 0 Å². The van der Waals surface area contributed by atoms with E-state index in [-0.39, 0.29) is 10.9 Å². The topological polar surface area (TPSA) is 97.1 Å². The molecular weight excluding hydrogens is 288 g/mol. The van der Waals surface area contributed by atoms with Crippen LogP contribution in [0.25, 0.3) is 0 Å². The molecule has 0 saturated heterocycles. The standard InChI is InChI=1S/C14H18N4O2S/c1-10(11-4-3-7-17-9-11)18-14-8-12(5-6-13(14)15)21(19,20)16-2/h3-10,16,18H,15H2,1-2H3. The van der Waals surface area contributed by atoms with Crippen molar-refractivity contribution in [3.8, 4) is 0 Å². The number of rotatable bonds is 5. The molecule has 21 heavy (non-hydrogen) atoms. The number of hydrogen-bond acceptors (Lipinski definition) is 5. The summed E-state index contributed by atoms with van der Waals surface area (Å²) in [6, 6.07) is 8.30. The van der Waals surface area contributed by atoms with Crippen LogP contribution in [0.15, 0.2) is 47.6 Å². The first-order chi connectivity index (χ1) is 9.94. The van der Waals surface area contributed by atoms with Gasteiger partial charge in [-0.15, -0.1) is 0 Å². The van der Waals surface area contributed by atoms with Gasteiger partial charge < -0.3 is 11.1 Å². The number of anilines is 2. The summed E-state index contributed by atoms with van der Waals surface area (Å²) >= 11 is 0. The van der Waals surface area contributed by atoms with E-state index in [4.69, 9.17) is 5.73 Å². The van der Waals surface area contributed by atoms with Crippen LogP contribution in [0.3, 0.4) is 0 Å². The minimum atomic E-state index is -3.50. The third-order valence-electron chi connectivity index (χ3n) is 3.16. The van der Waals surface area contributed by atoms with Crippen LogP contribution in [0.4, 0.5) is 11.4 Å². The summed E-state index contributed by atoms with van der Waals surface area (Å²) in [5.41, 5.74) is 7.95. The lowest BCUT2D eigenvalue weighted by Gasteiger charge is -2.17. The number of nitrogen functional groups attached to an aromatic ring is 1. The fourth-order valence-electron chi connectivity index (χ4n) is 1.89. The normalized spacial score (nSPS) is 12.9. The Kier molecular flexibility index (Phi) is 4.44. The summed E-state index contributed by atoms with van der Waals surface area (Å²) in [6.45, 7) is 1.95. The monoisotopic (exact) mass is 306 g/mol. The number of nitrogens with two attached hydrogens (primary N) is 1. The van der Waals surface area contributed by atoms with Crippen molar-refractivity contribution in [2.24, 2.45) is 0 Å². The third kappa shape index (κ3) is 3.50. The number of nitrogens with zero attached hydrogens (tertiary/aromatic N) is 1. The SMILES string of the molecule is CNS(=O)(=O)c1ccc(N)c(NC(C)c2cccnc2)c1. The van der Waals surface area contributed by atoms with E-state index in [1.807, 2.05) is 19.1 Å². The largest absolute Gasteiger partial charge is 0.397 e. The summed E-state index contributed by atoms with van der Waals surface area (Å²) in [6.07, 6.45) is 3.45. The smallest absolute Gasteiger partial charge is 0.240 e. The molecule has 1 heterocycles. The summed E-state index contributed by atoms with van der Waals surface area (Å²) in [4.78, 5) is 4.23. The fourth-order valence-corrected chi connectivity index (χ4v) is 2.65. The molecule has 112 valence electrons. The van der Waals surface area contributed by atoms with Crippen molar-refractivity contribution in [3.05, 3.63) is 48.3 Å². The van der Waals surface area contributed by atoms with Crippen molar-refractivity contribution in [1.82, 2.24) is 9.71 Å². The molecule has 6 nitrogen and oxygen atoms in total. The molecular formula is C14H18N4O2S. The maximum atomic E-state index is 11.8. The molecule has 0 aliphatic heterocycles. The molecule has 2 aromatic rings. The van der Waals surface area contributed by atoms with Gasteiger partial charge in [0.05, 0.1) is 22.3 Å². The molecule has 2 rings (SSSR count). The number of aromatic nitrogens is 1. The highest BCUT2D eigenvalue weighted by Crippen LogP contribution is 2.26. The fraction of sp³-hybridized carbons (Fsp3) is 0.214. The Balaban J connectivity index is 2.30. The van der Waals surface area contributed by atoms with E-state index in [0.717, 1.165) is 5.56 Å². The Morgan fingerprint density at radius 3 is 2.67 bits per heavy atom.